The maximum Gasteiger partial charge on any atom is 0.168 e. The van der Waals surface area contributed by atoms with E-state index in [4.69, 9.17) is 9.47 Å². The molecule has 0 amide bonds. The Morgan fingerprint density at radius 1 is 1.38 bits per heavy atom. The molecule has 1 aliphatic heterocycles. The summed E-state index contributed by atoms with van der Waals surface area (Å²) < 4.78 is 11.5. The predicted molar refractivity (Wildman–Crippen MR) is 64.3 cm³/mol. The molecule has 0 aromatic carbocycles. The van der Waals surface area contributed by atoms with Gasteiger partial charge in [0.05, 0.1) is 13.2 Å². The maximum atomic E-state index is 5.74. The van der Waals surface area contributed by atoms with E-state index in [9.17, 15) is 0 Å². The van der Waals surface area contributed by atoms with Crippen LogP contribution in [0.15, 0.2) is 12.7 Å². The van der Waals surface area contributed by atoms with Crippen molar-refractivity contribution < 1.29 is 9.47 Å². The van der Waals surface area contributed by atoms with Gasteiger partial charge in [-0.15, -0.1) is 6.58 Å². The number of nitrogens with one attached hydrogen (secondary N) is 1. The molecule has 1 saturated carbocycles. The molecule has 2 aliphatic rings. The summed E-state index contributed by atoms with van der Waals surface area (Å²) in [7, 11) is 2.04. The Morgan fingerprint density at radius 2 is 2.00 bits per heavy atom. The molecule has 1 atom stereocenters. The van der Waals surface area contributed by atoms with E-state index in [1.54, 1.807) is 0 Å². The van der Waals surface area contributed by atoms with Crippen LogP contribution >= 0.6 is 0 Å². The molecule has 0 bridgehead atoms. The van der Waals surface area contributed by atoms with Crippen LogP contribution in [-0.2, 0) is 9.47 Å². The minimum Gasteiger partial charge on any atom is -0.348 e. The summed E-state index contributed by atoms with van der Waals surface area (Å²) in [4.78, 5) is 0. The van der Waals surface area contributed by atoms with Crippen LogP contribution in [0.4, 0.5) is 0 Å². The van der Waals surface area contributed by atoms with Crippen molar-refractivity contribution in [2.75, 3.05) is 20.3 Å². The van der Waals surface area contributed by atoms with Crippen LogP contribution in [0.25, 0.3) is 0 Å². The fourth-order valence-corrected chi connectivity index (χ4v) is 2.99. The Labute approximate surface area is 98.2 Å². The fourth-order valence-electron chi connectivity index (χ4n) is 2.99. The van der Waals surface area contributed by atoms with Crippen molar-refractivity contribution >= 4 is 0 Å². The molecule has 16 heavy (non-hydrogen) atoms. The molecule has 0 aromatic rings. The van der Waals surface area contributed by atoms with Gasteiger partial charge >= 0.3 is 0 Å². The van der Waals surface area contributed by atoms with Crippen molar-refractivity contribution in [3.8, 4) is 0 Å². The van der Waals surface area contributed by atoms with Crippen LogP contribution < -0.4 is 5.32 Å². The zero-order chi connectivity index (χ0) is 11.4. The fraction of sp³-hybridized carbons (Fsp3) is 0.846. The van der Waals surface area contributed by atoms with E-state index in [2.05, 4.69) is 11.9 Å². The first-order valence-electron chi connectivity index (χ1n) is 6.36. The van der Waals surface area contributed by atoms with Gasteiger partial charge in [-0.3, -0.25) is 0 Å². The summed E-state index contributed by atoms with van der Waals surface area (Å²) in [5.74, 6) is 0.518. The predicted octanol–water partition coefficient (Wildman–Crippen LogP) is 2.08. The molecule has 3 heteroatoms. The molecule has 1 spiro atoms. The van der Waals surface area contributed by atoms with Gasteiger partial charge in [-0.1, -0.05) is 6.08 Å². The van der Waals surface area contributed by atoms with Crippen molar-refractivity contribution in [3.63, 3.8) is 0 Å². The van der Waals surface area contributed by atoms with E-state index < -0.39 is 0 Å². The minimum absolute atomic E-state index is 0.219. The molecular formula is C13H23NO2. The molecule has 2 rings (SSSR count). The maximum absolute atomic E-state index is 5.74. The lowest BCUT2D eigenvalue weighted by molar-refractivity contribution is -0.183. The third kappa shape index (κ3) is 2.47. The van der Waals surface area contributed by atoms with Crippen molar-refractivity contribution in [3.05, 3.63) is 12.7 Å². The smallest absolute Gasteiger partial charge is 0.168 e. The lowest BCUT2D eigenvalue weighted by Gasteiger charge is -2.38. The van der Waals surface area contributed by atoms with Gasteiger partial charge in [0.15, 0.2) is 5.79 Å². The molecule has 2 fully saturated rings. The van der Waals surface area contributed by atoms with Crippen LogP contribution in [0.1, 0.15) is 32.1 Å². The molecule has 0 radical (unpaired) electrons. The molecule has 3 nitrogen and oxygen atoms in total. The first-order chi connectivity index (χ1) is 7.79. The van der Waals surface area contributed by atoms with Crippen LogP contribution in [0.5, 0.6) is 0 Å². The number of hydrogen-bond acceptors (Lipinski definition) is 3. The van der Waals surface area contributed by atoms with Gasteiger partial charge in [-0.25, -0.2) is 0 Å². The highest BCUT2D eigenvalue weighted by molar-refractivity contribution is 4.89. The number of rotatable bonds is 4. The Balaban J connectivity index is 1.85. The zero-order valence-electron chi connectivity index (χ0n) is 10.2. The van der Waals surface area contributed by atoms with Crippen molar-refractivity contribution in [2.24, 2.45) is 5.92 Å². The monoisotopic (exact) mass is 225 g/mol. The first-order valence-corrected chi connectivity index (χ1v) is 6.36. The highest BCUT2D eigenvalue weighted by atomic mass is 16.7. The number of hydrogen-bond donors (Lipinski definition) is 1. The molecule has 1 N–H and O–H groups in total. The second kappa shape index (κ2) is 5.30. The van der Waals surface area contributed by atoms with Gasteiger partial charge < -0.3 is 14.8 Å². The highest BCUT2D eigenvalue weighted by Crippen LogP contribution is 2.39. The Hall–Kier alpha value is -0.380. The van der Waals surface area contributed by atoms with E-state index in [-0.39, 0.29) is 5.79 Å². The normalized spacial score (nSPS) is 27.1. The van der Waals surface area contributed by atoms with Crippen LogP contribution in [0.3, 0.4) is 0 Å². The second-order valence-electron chi connectivity index (χ2n) is 4.86. The second-order valence-corrected chi connectivity index (χ2v) is 4.86. The Morgan fingerprint density at radius 3 is 2.50 bits per heavy atom. The lowest BCUT2D eigenvalue weighted by atomic mass is 9.80. The van der Waals surface area contributed by atoms with Gasteiger partial charge in [0.2, 0.25) is 0 Å². The lowest BCUT2D eigenvalue weighted by Crippen LogP contribution is -2.41. The minimum atomic E-state index is -0.219. The van der Waals surface area contributed by atoms with Crippen LogP contribution in [0, 0.1) is 5.92 Å². The summed E-state index contributed by atoms with van der Waals surface area (Å²) in [6.07, 6.45) is 7.54. The van der Waals surface area contributed by atoms with Crippen LogP contribution in [-0.4, -0.2) is 32.1 Å². The molecule has 1 saturated heterocycles. The third-order valence-electron chi connectivity index (χ3n) is 3.97. The van der Waals surface area contributed by atoms with E-state index in [0.29, 0.717) is 6.04 Å². The standard InChI is InChI=1S/C13H23NO2/c1-3-4-12(14-2)11-5-7-13(8-6-11)15-9-10-16-13/h3,11-12,14H,1,4-10H2,2H3. The van der Waals surface area contributed by atoms with E-state index in [0.717, 1.165) is 38.4 Å². The topological polar surface area (TPSA) is 30.5 Å². The Bertz CT molecular complexity index is 226. The molecule has 1 aliphatic carbocycles. The largest absolute Gasteiger partial charge is 0.348 e. The highest BCUT2D eigenvalue weighted by Gasteiger charge is 2.41. The van der Waals surface area contributed by atoms with E-state index in [1.165, 1.54) is 12.8 Å². The van der Waals surface area contributed by atoms with Crippen molar-refractivity contribution in [1.29, 1.82) is 0 Å². The summed E-state index contributed by atoms with van der Waals surface area (Å²) in [6, 6.07) is 0.566. The van der Waals surface area contributed by atoms with E-state index >= 15 is 0 Å². The van der Waals surface area contributed by atoms with Gasteiger partial charge in [-0.05, 0) is 32.2 Å². The summed E-state index contributed by atoms with van der Waals surface area (Å²) in [5, 5.41) is 3.40. The zero-order valence-corrected chi connectivity index (χ0v) is 10.2. The average Bonchev–Trinajstić information content (AvgIpc) is 2.76. The molecular weight excluding hydrogens is 202 g/mol. The SMILES string of the molecule is C=CCC(NC)C1CCC2(CC1)OCCO2. The van der Waals surface area contributed by atoms with Gasteiger partial charge in [0.1, 0.15) is 0 Å². The molecule has 1 heterocycles. The summed E-state index contributed by atoms with van der Waals surface area (Å²) in [6.45, 7) is 5.37. The van der Waals surface area contributed by atoms with Gasteiger partial charge in [0.25, 0.3) is 0 Å². The summed E-state index contributed by atoms with van der Waals surface area (Å²) in [5.41, 5.74) is 0. The summed E-state index contributed by atoms with van der Waals surface area (Å²) >= 11 is 0. The molecule has 92 valence electrons. The van der Waals surface area contributed by atoms with Gasteiger partial charge in [-0.2, -0.15) is 0 Å². The van der Waals surface area contributed by atoms with Gasteiger partial charge in [0, 0.05) is 18.9 Å². The molecule has 0 aromatic heterocycles. The van der Waals surface area contributed by atoms with Crippen LogP contribution in [0.2, 0.25) is 0 Å². The first kappa shape index (κ1) is 12.1. The number of ether oxygens (including phenoxy) is 2. The van der Waals surface area contributed by atoms with E-state index in [1.807, 2.05) is 13.1 Å². The molecule has 1 unspecified atom stereocenters. The van der Waals surface area contributed by atoms with Crippen molar-refractivity contribution in [1.82, 2.24) is 5.32 Å². The quantitative estimate of drug-likeness (QED) is 0.743. The van der Waals surface area contributed by atoms with Crippen molar-refractivity contribution in [2.45, 2.75) is 43.9 Å². The Kier molecular flexibility index (Phi) is 4.00. The average molecular weight is 225 g/mol. The third-order valence-corrected chi connectivity index (χ3v) is 3.97.